The van der Waals surface area contributed by atoms with Gasteiger partial charge in [0.15, 0.2) is 0 Å². The van der Waals surface area contributed by atoms with E-state index in [0.29, 0.717) is 15.6 Å². The lowest BCUT2D eigenvalue weighted by Crippen LogP contribution is -2.13. The van der Waals surface area contributed by atoms with Crippen LogP contribution in [-0.4, -0.2) is 20.5 Å². The molecule has 0 saturated heterocycles. The predicted molar refractivity (Wildman–Crippen MR) is 82.8 cm³/mol. The quantitative estimate of drug-likeness (QED) is 0.926. The molecule has 0 amide bonds. The van der Waals surface area contributed by atoms with E-state index in [1.165, 1.54) is 6.07 Å². The average Bonchev–Trinajstić information content (AvgIpc) is 3.07. The maximum Gasteiger partial charge on any atom is 0.346 e. The molecule has 21 heavy (non-hydrogen) atoms. The van der Waals surface area contributed by atoms with Gasteiger partial charge in [0.25, 0.3) is 0 Å². The Kier molecular flexibility index (Phi) is 4.08. The van der Waals surface area contributed by atoms with Gasteiger partial charge in [0.1, 0.15) is 10.7 Å². The third-order valence-electron chi connectivity index (χ3n) is 3.92. The van der Waals surface area contributed by atoms with E-state index in [1.54, 1.807) is 12.1 Å². The first-order valence-corrected chi connectivity index (χ1v) is 9.08. The molecule has 3 nitrogen and oxygen atoms in total. The van der Waals surface area contributed by atoms with Crippen molar-refractivity contribution < 1.29 is 18.5 Å². The highest BCUT2D eigenvalue weighted by Gasteiger charge is 2.26. The standard InChI is InChI=1S/C15H15FO3S2/c16-11-6-3-7-12-13(11)10(14(20-12)15(17)18)8-21(19)9-4-1-2-5-9/h3,6-7,9H,1-2,4-5,8H2,(H,17,18). The number of benzene rings is 1. The first kappa shape index (κ1) is 14.7. The largest absolute Gasteiger partial charge is 0.477 e. The van der Waals surface area contributed by atoms with Crippen molar-refractivity contribution in [3.05, 3.63) is 34.5 Å². The van der Waals surface area contributed by atoms with Gasteiger partial charge in [-0.1, -0.05) is 18.9 Å². The number of carboxylic acids is 1. The van der Waals surface area contributed by atoms with Gasteiger partial charge < -0.3 is 5.11 Å². The summed E-state index contributed by atoms with van der Waals surface area (Å²) in [6.07, 6.45) is 3.97. The number of hydrogen-bond donors (Lipinski definition) is 1. The molecule has 1 aliphatic rings. The Balaban J connectivity index is 2.04. The maximum atomic E-state index is 14.1. The van der Waals surface area contributed by atoms with Crippen LogP contribution < -0.4 is 0 Å². The highest BCUT2D eigenvalue weighted by Crippen LogP contribution is 2.35. The van der Waals surface area contributed by atoms with Gasteiger partial charge in [-0.15, -0.1) is 11.3 Å². The molecule has 6 heteroatoms. The van der Waals surface area contributed by atoms with Crippen molar-refractivity contribution in [3.8, 4) is 0 Å². The third kappa shape index (κ3) is 2.74. The summed E-state index contributed by atoms with van der Waals surface area (Å²) < 4.78 is 27.1. The zero-order valence-corrected chi connectivity index (χ0v) is 12.9. The summed E-state index contributed by atoms with van der Waals surface area (Å²) >= 11 is 1.06. The fraction of sp³-hybridized carbons (Fsp3) is 0.400. The Hall–Kier alpha value is -1.27. The van der Waals surface area contributed by atoms with Crippen molar-refractivity contribution in [3.63, 3.8) is 0 Å². The summed E-state index contributed by atoms with van der Waals surface area (Å²) in [5, 5.41) is 9.77. The number of aromatic carboxylic acids is 1. The Morgan fingerprint density at radius 3 is 2.76 bits per heavy atom. The van der Waals surface area contributed by atoms with E-state index < -0.39 is 22.6 Å². The molecule has 1 heterocycles. The van der Waals surface area contributed by atoms with E-state index in [0.717, 1.165) is 37.0 Å². The van der Waals surface area contributed by atoms with Crippen molar-refractivity contribution in [2.45, 2.75) is 36.7 Å². The van der Waals surface area contributed by atoms with E-state index >= 15 is 0 Å². The number of thiophene rings is 1. The Morgan fingerprint density at radius 2 is 2.10 bits per heavy atom. The van der Waals surface area contributed by atoms with Crippen LogP contribution in [0.5, 0.6) is 0 Å². The summed E-state index contributed by atoms with van der Waals surface area (Å²) in [5.41, 5.74) is 0.394. The highest BCUT2D eigenvalue weighted by atomic mass is 32.2. The van der Waals surface area contributed by atoms with Gasteiger partial charge in [-0.25, -0.2) is 9.18 Å². The average molecular weight is 326 g/mol. The number of rotatable bonds is 4. The van der Waals surface area contributed by atoms with Crippen LogP contribution in [0.15, 0.2) is 18.2 Å². The molecule has 0 spiro atoms. The van der Waals surface area contributed by atoms with Crippen molar-refractivity contribution in [2.75, 3.05) is 0 Å². The van der Waals surface area contributed by atoms with Crippen LogP contribution >= 0.6 is 11.3 Å². The van der Waals surface area contributed by atoms with Gasteiger partial charge in [0, 0.05) is 31.7 Å². The van der Waals surface area contributed by atoms with Crippen LogP contribution in [0, 0.1) is 5.82 Å². The van der Waals surface area contributed by atoms with E-state index in [2.05, 4.69) is 0 Å². The minimum absolute atomic E-state index is 0.112. The molecule has 0 aliphatic heterocycles. The minimum Gasteiger partial charge on any atom is -0.477 e. The number of fused-ring (bicyclic) bond motifs is 1. The van der Waals surface area contributed by atoms with E-state index in [4.69, 9.17) is 0 Å². The minimum atomic E-state index is -1.14. The first-order valence-electron chi connectivity index (χ1n) is 6.88. The van der Waals surface area contributed by atoms with E-state index in [9.17, 15) is 18.5 Å². The molecule has 1 atom stereocenters. The smallest absolute Gasteiger partial charge is 0.346 e. The second-order valence-electron chi connectivity index (χ2n) is 5.26. The van der Waals surface area contributed by atoms with Crippen LogP contribution in [0.1, 0.15) is 40.9 Å². The zero-order valence-electron chi connectivity index (χ0n) is 11.3. The van der Waals surface area contributed by atoms with Crippen molar-refractivity contribution in [2.24, 2.45) is 0 Å². The normalized spacial score (nSPS) is 17.4. The Labute approximate surface area is 128 Å². The molecule has 1 aromatic carbocycles. The summed E-state index contributed by atoms with van der Waals surface area (Å²) in [6.45, 7) is 0. The molecule has 1 fully saturated rings. The summed E-state index contributed by atoms with van der Waals surface area (Å²) in [6, 6.07) is 4.59. The molecule has 3 rings (SSSR count). The molecule has 0 bridgehead atoms. The first-order chi connectivity index (χ1) is 10.1. The van der Waals surface area contributed by atoms with Crippen LogP contribution in [0.4, 0.5) is 4.39 Å². The molecule has 1 unspecified atom stereocenters. The lowest BCUT2D eigenvalue weighted by Gasteiger charge is -2.09. The van der Waals surface area contributed by atoms with Crippen LogP contribution in [0.2, 0.25) is 0 Å². The van der Waals surface area contributed by atoms with Gasteiger partial charge in [-0.2, -0.15) is 0 Å². The van der Waals surface area contributed by atoms with Gasteiger partial charge in [0.05, 0.1) is 5.75 Å². The van der Waals surface area contributed by atoms with Gasteiger partial charge >= 0.3 is 5.97 Å². The Morgan fingerprint density at radius 1 is 1.38 bits per heavy atom. The van der Waals surface area contributed by atoms with Crippen LogP contribution in [0.3, 0.4) is 0 Å². The SMILES string of the molecule is O=C(O)c1sc2cccc(F)c2c1CS(=O)C1CCCC1. The molecule has 1 aromatic heterocycles. The molecule has 1 saturated carbocycles. The molecule has 1 N–H and O–H groups in total. The second-order valence-corrected chi connectivity index (χ2v) is 8.03. The molecule has 1 aliphatic carbocycles. The van der Waals surface area contributed by atoms with Crippen LogP contribution in [-0.2, 0) is 16.6 Å². The highest BCUT2D eigenvalue weighted by molar-refractivity contribution is 7.84. The summed E-state index contributed by atoms with van der Waals surface area (Å²) in [4.78, 5) is 11.5. The Bertz CT molecular complexity index is 717. The van der Waals surface area contributed by atoms with Crippen molar-refractivity contribution in [1.29, 1.82) is 0 Å². The lowest BCUT2D eigenvalue weighted by molar-refractivity contribution is 0.0701. The molecular formula is C15H15FO3S2. The fourth-order valence-corrected chi connectivity index (χ4v) is 5.72. The van der Waals surface area contributed by atoms with Crippen molar-refractivity contribution in [1.82, 2.24) is 0 Å². The lowest BCUT2D eigenvalue weighted by atomic mass is 10.1. The monoisotopic (exact) mass is 326 g/mol. The molecule has 112 valence electrons. The number of hydrogen-bond acceptors (Lipinski definition) is 3. The van der Waals surface area contributed by atoms with Crippen molar-refractivity contribution >= 4 is 38.2 Å². The number of carbonyl (C=O) groups is 1. The van der Waals surface area contributed by atoms with Gasteiger partial charge in [0.2, 0.25) is 0 Å². The van der Waals surface area contributed by atoms with Gasteiger partial charge in [-0.05, 0) is 25.0 Å². The van der Waals surface area contributed by atoms with E-state index in [1.807, 2.05) is 0 Å². The maximum absolute atomic E-state index is 14.1. The fourth-order valence-electron chi connectivity index (χ4n) is 2.89. The molecule has 0 radical (unpaired) electrons. The number of halogens is 1. The molecule has 2 aromatic rings. The van der Waals surface area contributed by atoms with Gasteiger partial charge in [-0.3, -0.25) is 4.21 Å². The summed E-state index contributed by atoms with van der Waals surface area (Å²) in [7, 11) is -1.14. The number of carboxylic acid groups (broad SMARTS) is 1. The van der Waals surface area contributed by atoms with E-state index in [-0.39, 0.29) is 15.9 Å². The van der Waals surface area contributed by atoms with Crippen LogP contribution in [0.25, 0.3) is 10.1 Å². The second kappa shape index (κ2) is 5.85. The molecular weight excluding hydrogens is 311 g/mol. The topological polar surface area (TPSA) is 54.4 Å². The predicted octanol–water partition coefficient (Wildman–Crippen LogP) is 3.93. The zero-order chi connectivity index (χ0) is 15.0. The third-order valence-corrected chi connectivity index (χ3v) is 6.89. The summed E-state index contributed by atoms with van der Waals surface area (Å²) in [5.74, 6) is -1.38.